The van der Waals surface area contributed by atoms with Crippen molar-refractivity contribution in [1.29, 1.82) is 0 Å². The summed E-state index contributed by atoms with van der Waals surface area (Å²) in [6.07, 6.45) is 4.31. The van der Waals surface area contributed by atoms with Crippen molar-refractivity contribution in [2.24, 2.45) is 0 Å². The van der Waals surface area contributed by atoms with Gasteiger partial charge in [-0.15, -0.1) is 0 Å². The van der Waals surface area contributed by atoms with E-state index in [1.54, 1.807) is 12.5 Å². The zero-order valence-electron chi connectivity index (χ0n) is 13.5. The zero-order valence-corrected chi connectivity index (χ0v) is 13.5. The first kappa shape index (κ1) is 15.4. The summed E-state index contributed by atoms with van der Waals surface area (Å²) in [6.45, 7) is 6.38. The van der Waals surface area contributed by atoms with Crippen LogP contribution in [0.2, 0.25) is 0 Å². The molecule has 1 aromatic carbocycles. The highest BCUT2D eigenvalue weighted by molar-refractivity contribution is 5.87. The number of anilines is 1. The number of benzene rings is 1. The number of nitrogens with zero attached hydrogens (tertiary/aromatic N) is 4. The molecule has 0 aliphatic rings. The van der Waals surface area contributed by atoms with Gasteiger partial charge in [-0.3, -0.25) is 0 Å². The number of aromatic nitrogens is 4. The Morgan fingerprint density at radius 1 is 1.17 bits per heavy atom. The molecule has 6 nitrogen and oxygen atoms in total. The van der Waals surface area contributed by atoms with Crippen LogP contribution in [-0.4, -0.2) is 39.5 Å². The summed E-state index contributed by atoms with van der Waals surface area (Å²) in [4.78, 5) is 8.71. The molecule has 0 spiro atoms. The SMILES string of the molecule is CCOCCCNc1ncnc2c1cnn2-c1ccc(C)cc1. The molecule has 0 radical (unpaired) electrons. The lowest BCUT2D eigenvalue weighted by molar-refractivity contribution is 0.147. The fourth-order valence-corrected chi connectivity index (χ4v) is 2.39. The van der Waals surface area contributed by atoms with Crippen LogP contribution in [0.25, 0.3) is 16.7 Å². The molecule has 0 atom stereocenters. The highest BCUT2D eigenvalue weighted by Gasteiger charge is 2.10. The molecular formula is C17H21N5O. The van der Waals surface area contributed by atoms with Crippen LogP contribution >= 0.6 is 0 Å². The molecule has 120 valence electrons. The maximum Gasteiger partial charge on any atom is 0.168 e. The number of hydrogen-bond donors (Lipinski definition) is 1. The number of fused-ring (bicyclic) bond motifs is 1. The van der Waals surface area contributed by atoms with E-state index in [0.717, 1.165) is 48.7 Å². The van der Waals surface area contributed by atoms with E-state index in [4.69, 9.17) is 4.74 Å². The maximum atomic E-state index is 5.34. The second kappa shape index (κ2) is 7.19. The lowest BCUT2D eigenvalue weighted by Gasteiger charge is -2.07. The van der Waals surface area contributed by atoms with Crippen molar-refractivity contribution in [2.75, 3.05) is 25.1 Å². The molecule has 2 heterocycles. The molecule has 0 amide bonds. The molecular weight excluding hydrogens is 290 g/mol. The van der Waals surface area contributed by atoms with Gasteiger partial charge in [-0.25, -0.2) is 14.6 Å². The van der Waals surface area contributed by atoms with Gasteiger partial charge < -0.3 is 10.1 Å². The second-order valence-corrected chi connectivity index (χ2v) is 5.33. The summed E-state index contributed by atoms with van der Waals surface area (Å²) in [5, 5.41) is 8.72. The van der Waals surface area contributed by atoms with E-state index < -0.39 is 0 Å². The van der Waals surface area contributed by atoms with Crippen LogP contribution in [0.1, 0.15) is 18.9 Å². The number of hydrogen-bond acceptors (Lipinski definition) is 5. The molecule has 2 aromatic heterocycles. The normalized spacial score (nSPS) is 11.0. The van der Waals surface area contributed by atoms with Crippen LogP contribution in [0.4, 0.5) is 5.82 Å². The van der Waals surface area contributed by atoms with Crippen molar-refractivity contribution in [3.63, 3.8) is 0 Å². The fraction of sp³-hybridized carbons (Fsp3) is 0.353. The molecule has 0 aliphatic carbocycles. The van der Waals surface area contributed by atoms with E-state index in [9.17, 15) is 0 Å². The minimum Gasteiger partial charge on any atom is -0.382 e. The summed E-state index contributed by atoms with van der Waals surface area (Å²) in [5.41, 5.74) is 3.01. The third-order valence-electron chi connectivity index (χ3n) is 3.61. The number of rotatable bonds is 7. The monoisotopic (exact) mass is 311 g/mol. The van der Waals surface area contributed by atoms with Crippen LogP contribution in [0.3, 0.4) is 0 Å². The van der Waals surface area contributed by atoms with Crippen molar-refractivity contribution in [3.8, 4) is 5.69 Å². The summed E-state index contributed by atoms with van der Waals surface area (Å²) in [7, 11) is 0. The van der Waals surface area contributed by atoms with Crippen molar-refractivity contribution in [2.45, 2.75) is 20.3 Å². The van der Waals surface area contributed by atoms with Gasteiger partial charge in [-0.1, -0.05) is 17.7 Å². The van der Waals surface area contributed by atoms with E-state index in [1.165, 1.54) is 5.56 Å². The van der Waals surface area contributed by atoms with Crippen LogP contribution in [0.5, 0.6) is 0 Å². The third-order valence-corrected chi connectivity index (χ3v) is 3.61. The molecule has 0 aliphatic heterocycles. The van der Waals surface area contributed by atoms with Gasteiger partial charge >= 0.3 is 0 Å². The van der Waals surface area contributed by atoms with Crippen molar-refractivity contribution >= 4 is 16.9 Å². The fourth-order valence-electron chi connectivity index (χ4n) is 2.39. The van der Waals surface area contributed by atoms with E-state index >= 15 is 0 Å². The summed E-state index contributed by atoms with van der Waals surface area (Å²) in [6, 6.07) is 8.21. The van der Waals surface area contributed by atoms with Gasteiger partial charge in [-0.05, 0) is 32.4 Å². The predicted molar refractivity (Wildman–Crippen MR) is 91.0 cm³/mol. The van der Waals surface area contributed by atoms with E-state index in [1.807, 2.05) is 23.7 Å². The quantitative estimate of drug-likeness (QED) is 0.680. The topological polar surface area (TPSA) is 64.9 Å². The standard InChI is InChI=1S/C17H21N5O/c1-3-23-10-4-9-18-16-15-11-21-22(17(15)20-12-19-16)14-7-5-13(2)6-8-14/h5-8,11-12H,3-4,9-10H2,1-2H3,(H,18,19,20). The molecule has 0 unspecified atom stereocenters. The maximum absolute atomic E-state index is 5.34. The lowest BCUT2D eigenvalue weighted by Crippen LogP contribution is -2.07. The Labute approximate surface area is 135 Å². The van der Waals surface area contributed by atoms with Crippen molar-refractivity contribution in [3.05, 3.63) is 42.4 Å². The minimum absolute atomic E-state index is 0.750. The van der Waals surface area contributed by atoms with Gasteiger partial charge in [0.1, 0.15) is 12.1 Å². The van der Waals surface area contributed by atoms with E-state index in [2.05, 4.69) is 39.4 Å². The molecule has 0 saturated heterocycles. The predicted octanol–water partition coefficient (Wildman–Crippen LogP) is 2.96. The van der Waals surface area contributed by atoms with E-state index in [0.29, 0.717) is 0 Å². The van der Waals surface area contributed by atoms with Crippen LogP contribution < -0.4 is 5.32 Å². The molecule has 0 saturated carbocycles. The van der Waals surface area contributed by atoms with Crippen molar-refractivity contribution in [1.82, 2.24) is 19.7 Å². The molecule has 0 fully saturated rings. The molecule has 6 heteroatoms. The Morgan fingerprint density at radius 3 is 2.78 bits per heavy atom. The van der Waals surface area contributed by atoms with Gasteiger partial charge in [0, 0.05) is 19.8 Å². The largest absolute Gasteiger partial charge is 0.382 e. The van der Waals surface area contributed by atoms with Gasteiger partial charge in [0.05, 0.1) is 17.3 Å². The van der Waals surface area contributed by atoms with Crippen LogP contribution in [-0.2, 0) is 4.74 Å². The Morgan fingerprint density at radius 2 is 2.00 bits per heavy atom. The Hall–Kier alpha value is -2.47. The minimum atomic E-state index is 0.750. The van der Waals surface area contributed by atoms with Gasteiger partial charge in [0.2, 0.25) is 0 Å². The number of nitrogens with one attached hydrogen (secondary N) is 1. The first-order valence-corrected chi connectivity index (χ1v) is 7.87. The molecule has 0 bridgehead atoms. The lowest BCUT2D eigenvalue weighted by atomic mass is 10.2. The Bertz CT molecular complexity index is 766. The molecule has 23 heavy (non-hydrogen) atoms. The highest BCUT2D eigenvalue weighted by atomic mass is 16.5. The van der Waals surface area contributed by atoms with Gasteiger partial charge in [0.15, 0.2) is 5.65 Å². The van der Waals surface area contributed by atoms with Gasteiger partial charge in [0.25, 0.3) is 0 Å². The second-order valence-electron chi connectivity index (χ2n) is 5.33. The average Bonchev–Trinajstić information content (AvgIpc) is 3.00. The first-order valence-electron chi connectivity index (χ1n) is 7.87. The molecule has 3 rings (SSSR count). The van der Waals surface area contributed by atoms with E-state index in [-0.39, 0.29) is 0 Å². The smallest absolute Gasteiger partial charge is 0.168 e. The summed E-state index contributed by atoms with van der Waals surface area (Å²) < 4.78 is 7.18. The van der Waals surface area contributed by atoms with Crippen LogP contribution in [0, 0.1) is 6.92 Å². The third kappa shape index (κ3) is 3.48. The Kier molecular flexibility index (Phi) is 4.83. The molecule has 1 N–H and O–H groups in total. The molecule has 3 aromatic rings. The number of ether oxygens (including phenoxy) is 1. The van der Waals surface area contributed by atoms with Crippen LogP contribution in [0.15, 0.2) is 36.8 Å². The van der Waals surface area contributed by atoms with Crippen molar-refractivity contribution < 1.29 is 4.74 Å². The summed E-state index contributed by atoms with van der Waals surface area (Å²) in [5.74, 6) is 0.810. The Balaban J connectivity index is 1.81. The highest BCUT2D eigenvalue weighted by Crippen LogP contribution is 2.21. The average molecular weight is 311 g/mol. The van der Waals surface area contributed by atoms with Gasteiger partial charge in [-0.2, -0.15) is 5.10 Å². The summed E-state index contributed by atoms with van der Waals surface area (Å²) >= 11 is 0. The zero-order chi connectivity index (χ0) is 16.1. The number of aryl methyl sites for hydroxylation is 1. The first-order chi connectivity index (χ1) is 11.3.